The molecule has 0 unspecified atom stereocenters. The number of nitrogens with one attached hydrogen (secondary N) is 1. The molecule has 0 spiro atoms. The maximum atomic E-state index is 12.4. The summed E-state index contributed by atoms with van der Waals surface area (Å²) in [6, 6.07) is 2.32. The van der Waals surface area contributed by atoms with E-state index in [0.29, 0.717) is 18.5 Å². The highest BCUT2D eigenvalue weighted by molar-refractivity contribution is 7.14. The van der Waals surface area contributed by atoms with Crippen LogP contribution >= 0.6 is 11.3 Å². The number of hydrogen-bond acceptors (Lipinski definition) is 5. The molecule has 2 atom stereocenters. The minimum Gasteiger partial charge on any atom is -0.381 e. The second kappa shape index (κ2) is 7.75. The van der Waals surface area contributed by atoms with Gasteiger partial charge in [0.2, 0.25) is 0 Å². The van der Waals surface area contributed by atoms with E-state index in [2.05, 4.69) is 24.1 Å². The maximum Gasteiger partial charge on any atom is 0.261 e. The summed E-state index contributed by atoms with van der Waals surface area (Å²) >= 11 is 1.57. The molecule has 0 aromatic carbocycles. The van der Waals surface area contributed by atoms with E-state index in [1.807, 2.05) is 6.07 Å². The first-order chi connectivity index (χ1) is 11.1. The molecule has 0 radical (unpaired) electrons. The molecule has 0 aliphatic carbocycles. The second-order valence-electron chi connectivity index (χ2n) is 6.40. The lowest BCUT2D eigenvalue weighted by Crippen LogP contribution is -2.52. The van der Waals surface area contributed by atoms with E-state index in [9.17, 15) is 4.79 Å². The van der Waals surface area contributed by atoms with Gasteiger partial charge in [-0.25, -0.2) is 0 Å². The number of carbonyl (C=O) groups excluding carboxylic acids is 1. The van der Waals surface area contributed by atoms with Crippen LogP contribution in [0.3, 0.4) is 0 Å². The van der Waals surface area contributed by atoms with Gasteiger partial charge in [-0.15, -0.1) is 11.3 Å². The van der Waals surface area contributed by atoms with Crippen LogP contribution in [0, 0.1) is 19.8 Å². The van der Waals surface area contributed by atoms with Gasteiger partial charge in [0.1, 0.15) is 0 Å². The van der Waals surface area contributed by atoms with E-state index in [0.717, 1.165) is 50.8 Å². The first-order valence-corrected chi connectivity index (χ1v) is 9.21. The smallest absolute Gasteiger partial charge is 0.261 e. The van der Waals surface area contributed by atoms with E-state index in [1.54, 1.807) is 11.3 Å². The van der Waals surface area contributed by atoms with Gasteiger partial charge in [-0.05, 0) is 31.9 Å². The van der Waals surface area contributed by atoms with Crippen molar-refractivity contribution in [3.63, 3.8) is 0 Å². The number of rotatable bonds is 5. The number of thiophene rings is 1. The molecular formula is C17H26N2O3S. The fraction of sp³-hybridized carbons (Fsp3) is 0.706. The summed E-state index contributed by atoms with van der Waals surface area (Å²) in [6.45, 7) is 9.87. The predicted molar refractivity (Wildman–Crippen MR) is 91.2 cm³/mol. The van der Waals surface area contributed by atoms with E-state index in [-0.39, 0.29) is 5.91 Å². The van der Waals surface area contributed by atoms with E-state index < -0.39 is 0 Å². The Morgan fingerprint density at radius 2 is 2.13 bits per heavy atom. The highest BCUT2D eigenvalue weighted by atomic mass is 32.1. The van der Waals surface area contributed by atoms with Crippen LogP contribution in [0.1, 0.15) is 26.5 Å². The Morgan fingerprint density at radius 3 is 2.74 bits per heavy atom. The Morgan fingerprint density at radius 1 is 1.35 bits per heavy atom. The van der Waals surface area contributed by atoms with Crippen LogP contribution in [0.2, 0.25) is 0 Å². The summed E-state index contributed by atoms with van der Waals surface area (Å²) in [5.41, 5.74) is 1.19. The molecular weight excluding hydrogens is 312 g/mol. The first-order valence-electron chi connectivity index (χ1n) is 8.40. The average Bonchev–Trinajstić information content (AvgIpc) is 3.19. The molecule has 0 bridgehead atoms. The quantitative estimate of drug-likeness (QED) is 0.890. The lowest BCUT2D eigenvalue weighted by Gasteiger charge is -2.37. The van der Waals surface area contributed by atoms with Crippen molar-refractivity contribution in [1.82, 2.24) is 10.2 Å². The lowest BCUT2D eigenvalue weighted by molar-refractivity contribution is 0.00167. The van der Waals surface area contributed by atoms with E-state index in [4.69, 9.17) is 9.47 Å². The largest absolute Gasteiger partial charge is 0.381 e. The zero-order chi connectivity index (χ0) is 16.2. The molecule has 2 fully saturated rings. The molecule has 2 aliphatic rings. The van der Waals surface area contributed by atoms with Crippen LogP contribution in [-0.2, 0) is 9.47 Å². The monoisotopic (exact) mass is 338 g/mol. The van der Waals surface area contributed by atoms with Crippen LogP contribution < -0.4 is 5.32 Å². The normalized spacial score (nSPS) is 23.8. The van der Waals surface area contributed by atoms with E-state index >= 15 is 0 Å². The molecule has 1 amide bonds. The van der Waals surface area contributed by atoms with Crippen molar-refractivity contribution in [3.8, 4) is 0 Å². The summed E-state index contributed by atoms with van der Waals surface area (Å²) in [5.74, 6) is 0.545. The van der Waals surface area contributed by atoms with Crippen LogP contribution in [0.4, 0.5) is 0 Å². The molecule has 3 rings (SSSR count). The predicted octanol–water partition coefficient (Wildman–Crippen LogP) is 1.83. The second-order valence-corrected chi connectivity index (χ2v) is 7.66. The summed E-state index contributed by atoms with van der Waals surface area (Å²) in [4.78, 5) is 16.9. The summed E-state index contributed by atoms with van der Waals surface area (Å²) in [7, 11) is 0. The van der Waals surface area contributed by atoms with Gasteiger partial charge >= 0.3 is 0 Å². The van der Waals surface area contributed by atoms with Crippen LogP contribution in [0.25, 0.3) is 0 Å². The van der Waals surface area contributed by atoms with Gasteiger partial charge in [0, 0.05) is 43.1 Å². The summed E-state index contributed by atoms with van der Waals surface area (Å²) in [5, 5.41) is 3.15. The number of amides is 1. The molecule has 23 heavy (non-hydrogen) atoms. The number of hydrogen-bond donors (Lipinski definition) is 1. The summed E-state index contributed by atoms with van der Waals surface area (Å²) in [6.07, 6.45) is 1.08. The highest BCUT2D eigenvalue weighted by Crippen LogP contribution is 2.23. The van der Waals surface area contributed by atoms with Crippen molar-refractivity contribution in [2.24, 2.45) is 5.92 Å². The summed E-state index contributed by atoms with van der Waals surface area (Å²) < 4.78 is 11.0. The number of aryl methyl sites for hydroxylation is 2. The number of carbonyl (C=O) groups is 1. The third-order valence-corrected chi connectivity index (χ3v) is 6.04. The van der Waals surface area contributed by atoms with Gasteiger partial charge in [0.15, 0.2) is 0 Å². The minimum atomic E-state index is 0.0448. The molecule has 0 saturated carbocycles. The molecule has 2 saturated heterocycles. The number of morpholine rings is 1. The number of nitrogens with zero attached hydrogens (tertiary/aromatic N) is 1. The zero-order valence-corrected chi connectivity index (χ0v) is 14.8. The Kier molecular flexibility index (Phi) is 5.69. The average molecular weight is 338 g/mol. The highest BCUT2D eigenvalue weighted by Gasteiger charge is 2.31. The Bertz CT molecular complexity index is 514. The molecule has 1 N–H and O–H groups in total. The molecule has 1 aromatic heterocycles. The van der Waals surface area contributed by atoms with Gasteiger partial charge in [-0.2, -0.15) is 0 Å². The van der Waals surface area contributed by atoms with Crippen LogP contribution in [-0.4, -0.2) is 62.9 Å². The van der Waals surface area contributed by atoms with Crippen molar-refractivity contribution in [2.75, 3.05) is 46.1 Å². The molecule has 5 nitrogen and oxygen atoms in total. The van der Waals surface area contributed by atoms with Gasteiger partial charge in [0.05, 0.1) is 24.7 Å². The molecule has 1 aromatic rings. The lowest BCUT2D eigenvalue weighted by atomic mass is 9.97. The molecule has 128 valence electrons. The van der Waals surface area contributed by atoms with Gasteiger partial charge in [-0.1, -0.05) is 0 Å². The third kappa shape index (κ3) is 4.12. The third-order valence-electron chi connectivity index (χ3n) is 4.89. The fourth-order valence-electron chi connectivity index (χ4n) is 3.33. The van der Waals surface area contributed by atoms with Crippen molar-refractivity contribution in [1.29, 1.82) is 0 Å². The van der Waals surface area contributed by atoms with Crippen molar-refractivity contribution in [3.05, 3.63) is 21.4 Å². The van der Waals surface area contributed by atoms with Gasteiger partial charge < -0.3 is 14.8 Å². The number of ether oxygens (including phenoxy) is 2. The topological polar surface area (TPSA) is 50.8 Å². The first kappa shape index (κ1) is 16.9. The zero-order valence-electron chi connectivity index (χ0n) is 14.0. The molecule has 3 heterocycles. The van der Waals surface area contributed by atoms with E-state index in [1.165, 1.54) is 10.4 Å². The fourth-order valence-corrected chi connectivity index (χ4v) is 4.28. The SMILES string of the molecule is Cc1cc(C(=O)NC[C@H]([C@H]2CCOC2)N2CCOCC2)sc1C. The Hall–Kier alpha value is -0.950. The van der Waals surface area contributed by atoms with Gasteiger partial charge in [-0.3, -0.25) is 9.69 Å². The van der Waals surface area contributed by atoms with Crippen molar-refractivity contribution < 1.29 is 14.3 Å². The van der Waals surface area contributed by atoms with Gasteiger partial charge in [0.25, 0.3) is 5.91 Å². The van der Waals surface area contributed by atoms with Crippen molar-refractivity contribution in [2.45, 2.75) is 26.3 Å². The Balaban J connectivity index is 1.62. The van der Waals surface area contributed by atoms with Crippen molar-refractivity contribution >= 4 is 17.2 Å². The molecule has 6 heteroatoms. The standard InChI is InChI=1S/C17H26N2O3S/c1-12-9-16(23-13(12)2)17(20)18-10-15(14-3-6-22-11-14)19-4-7-21-8-5-19/h9,14-15H,3-8,10-11H2,1-2H3,(H,18,20)/t14-,15+/m0/s1. The maximum absolute atomic E-state index is 12.4. The molecule has 2 aliphatic heterocycles. The minimum absolute atomic E-state index is 0.0448. The van der Waals surface area contributed by atoms with Crippen LogP contribution in [0.15, 0.2) is 6.07 Å². The Labute approximate surface area is 142 Å². The van der Waals surface area contributed by atoms with Crippen LogP contribution in [0.5, 0.6) is 0 Å².